The number of sulfonamides is 1. The molecule has 1 aromatic carbocycles. The Hall–Kier alpha value is -1.44. The molecular formula is C12H16N2O4S. The van der Waals surface area contributed by atoms with E-state index in [4.69, 9.17) is 0 Å². The van der Waals surface area contributed by atoms with E-state index in [0.717, 1.165) is 13.1 Å². The van der Waals surface area contributed by atoms with Crippen LogP contribution in [0.4, 0.5) is 0 Å². The average Bonchev–Trinajstić information content (AvgIpc) is 3.22. The van der Waals surface area contributed by atoms with E-state index in [0.29, 0.717) is 13.1 Å². The Morgan fingerprint density at radius 2 is 2.16 bits per heavy atom. The van der Waals surface area contributed by atoms with Crippen LogP contribution < -0.4 is 4.72 Å². The first-order valence-corrected chi connectivity index (χ1v) is 7.41. The molecule has 1 fully saturated rings. The van der Waals surface area contributed by atoms with E-state index in [1.807, 2.05) is 0 Å². The Morgan fingerprint density at radius 1 is 1.42 bits per heavy atom. The fraction of sp³-hybridized carbons (Fsp3) is 0.417. The minimum Gasteiger partial charge on any atom is -0.465 e. The van der Waals surface area contributed by atoms with Gasteiger partial charge in [-0.1, -0.05) is 6.07 Å². The van der Waals surface area contributed by atoms with Gasteiger partial charge in [-0.05, 0) is 18.2 Å². The summed E-state index contributed by atoms with van der Waals surface area (Å²) in [6.07, 6.45) is 0. The molecule has 1 heterocycles. The third-order valence-electron chi connectivity index (χ3n) is 2.83. The molecule has 7 heteroatoms. The van der Waals surface area contributed by atoms with Gasteiger partial charge in [-0.2, -0.15) is 0 Å². The van der Waals surface area contributed by atoms with E-state index in [1.165, 1.54) is 31.4 Å². The first-order valence-electron chi connectivity index (χ1n) is 5.93. The number of carbonyl (C=O) groups excluding carboxylic acids is 1. The number of carbonyl (C=O) groups is 1. The molecule has 0 unspecified atom stereocenters. The van der Waals surface area contributed by atoms with Gasteiger partial charge in [-0.3, -0.25) is 4.90 Å². The largest absolute Gasteiger partial charge is 0.465 e. The standard InChI is InChI=1S/C12H16N2O4S/c1-18-12(15)10-3-2-4-11(9-10)19(16,17)13-5-6-14-7-8-14/h2-4,9,13H,5-8H2,1H3. The molecule has 1 aliphatic rings. The van der Waals surface area contributed by atoms with Crippen LogP contribution >= 0.6 is 0 Å². The molecule has 1 N–H and O–H groups in total. The van der Waals surface area contributed by atoms with Gasteiger partial charge in [-0.25, -0.2) is 17.9 Å². The Balaban J connectivity index is 2.07. The Kier molecular flexibility index (Phi) is 4.18. The maximum absolute atomic E-state index is 12.0. The fourth-order valence-corrected chi connectivity index (χ4v) is 2.69. The smallest absolute Gasteiger partial charge is 0.337 e. The number of esters is 1. The van der Waals surface area contributed by atoms with Crippen LogP contribution in [-0.4, -0.2) is 52.6 Å². The van der Waals surface area contributed by atoms with Gasteiger partial charge in [0.15, 0.2) is 0 Å². The first-order chi connectivity index (χ1) is 9.03. The van der Waals surface area contributed by atoms with Crippen LogP contribution in [-0.2, 0) is 14.8 Å². The molecule has 19 heavy (non-hydrogen) atoms. The van der Waals surface area contributed by atoms with Crippen molar-refractivity contribution in [1.29, 1.82) is 0 Å². The molecular weight excluding hydrogens is 268 g/mol. The molecule has 0 amide bonds. The van der Waals surface area contributed by atoms with Gasteiger partial charge in [0, 0.05) is 26.2 Å². The number of nitrogens with one attached hydrogen (secondary N) is 1. The lowest BCUT2D eigenvalue weighted by Gasteiger charge is -2.08. The molecule has 104 valence electrons. The molecule has 2 rings (SSSR count). The quantitative estimate of drug-likeness (QED) is 0.591. The maximum atomic E-state index is 12.0. The molecule has 1 saturated heterocycles. The maximum Gasteiger partial charge on any atom is 0.337 e. The number of hydrogen-bond acceptors (Lipinski definition) is 5. The van der Waals surface area contributed by atoms with Crippen LogP contribution in [0, 0.1) is 0 Å². The average molecular weight is 284 g/mol. The summed E-state index contributed by atoms with van der Waals surface area (Å²) in [6, 6.07) is 5.80. The minimum atomic E-state index is -3.58. The van der Waals surface area contributed by atoms with E-state index >= 15 is 0 Å². The molecule has 0 spiro atoms. The fourth-order valence-electron chi connectivity index (χ4n) is 1.62. The molecule has 6 nitrogen and oxygen atoms in total. The van der Waals surface area contributed by atoms with E-state index in [-0.39, 0.29) is 10.5 Å². The highest BCUT2D eigenvalue weighted by molar-refractivity contribution is 7.89. The van der Waals surface area contributed by atoms with Gasteiger partial charge in [-0.15, -0.1) is 0 Å². The molecule has 1 aromatic rings. The third kappa shape index (κ3) is 3.76. The monoisotopic (exact) mass is 284 g/mol. The van der Waals surface area contributed by atoms with Gasteiger partial charge >= 0.3 is 5.97 Å². The van der Waals surface area contributed by atoms with Crippen molar-refractivity contribution in [2.75, 3.05) is 33.3 Å². The number of rotatable bonds is 6. The highest BCUT2D eigenvalue weighted by atomic mass is 32.2. The lowest BCUT2D eigenvalue weighted by atomic mass is 10.2. The second-order valence-electron chi connectivity index (χ2n) is 4.26. The third-order valence-corrected chi connectivity index (χ3v) is 4.28. The summed E-state index contributed by atoms with van der Waals surface area (Å²) < 4.78 is 31.1. The zero-order valence-corrected chi connectivity index (χ0v) is 11.4. The molecule has 1 aliphatic heterocycles. The molecule has 0 aromatic heterocycles. The lowest BCUT2D eigenvalue weighted by molar-refractivity contribution is 0.0600. The van der Waals surface area contributed by atoms with E-state index in [2.05, 4.69) is 14.4 Å². The summed E-state index contributed by atoms with van der Waals surface area (Å²) in [7, 11) is -2.32. The topological polar surface area (TPSA) is 75.5 Å². The van der Waals surface area contributed by atoms with E-state index in [9.17, 15) is 13.2 Å². The van der Waals surface area contributed by atoms with Crippen LogP contribution in [0.2, 0.25) is 0 Å². The molecule has 0 saturated carbocycles. The number of nitrogens with zero attached hydrogens (tertiary/aromatic N) is 1. The van der Waals surface area contributed by atoms with Crippen molar-refractivity contribution >= 4 is 16.0 Å². The van der Waals surface area contributed by atoms with Crippen molar-refractivity contribution in [3.8, 4) is 0 Å². The Labute approximate surface area is 112 Å². The van der Waals surface area contributed by atoms with E-state index in [1.54, 1.807) is 0 Å². The minimum absolute atomic E-state index is 0.0706. The van der Waals surface area contributed by atoms with Crippen LogP contribution in [0.25, 0.3) is 0 Å². The molecule has 0 atom stereocenters. The first kappa shape index (κ1) is 14.0. The van der Waals surface area contributed by atoms with Crippen molar-refractivity contribution in [3.63, 3.8) is 0 Å². The normalized spacial score (nSPS) is 15.2. The predicted molar refractivity (Wildman–Crippen MR) is 69.4 cm³/mol. The van der Waals surface area contributed by atoms with Crippen molar-refractivity contribution in [3.05, 3.63) is 29.8 Å². The van der Waals surface area contributed by atoms with Crippen molar-refractivity contribution in [2.45, 2.75) is 4.90 Å². The number of benzene rings is 1. The number of ether oxygens (including phenoxy) is 1. The Morgan fingerprint density at radius 3 is 2.79 bits per heavy atom. The van der Waals surface area contributed by atoms with Gasteiger partial charge in [0.05, 0.1) is 17.6 Å². The number of hydrogen-bond donors (Lipinski definition) is 1. The summed E-state index contributed by atoms with van der Waals surface area (Å²) in [5, 5.41) is 0. The number of methoxy groups -OCH3 is 1. The molecule has 0 radical (unpaired) electrons. The zero-order chi connectivity index (χ0) is 13.9. The van der Waals surface area contributed by atoms with Gasteiger partial charge in [0.2, 0.25) is 10.0 Å². The highest BCUT2D eigenvalue weighted by Gasteiger charge is 2.19. The van der Waals surface area contributed by atoms with Crippen LogP contribution in [0.1, 0.15) is 10.4 Å². The summed E-state index contributed by atoms with van der Waals surface area (Å²) in [5.41, 5.74) is 0.219. The summed E-state index contributed by atoms with van der Waals surface area (Å²) in [4.78, 5) is 13.5. The second-order valence-corrected chi connectivity index (χ2v) is 6.03. The Bertz CT molecular complexity index is 567. The van der Waals surface area contributed by atoms with Crippen LogP contribution in [0.3, 0.4) is 0 Å². The van der Waals surface area contributed by atoms with Crippen LogP contribution in [0.5, 0.6) is 0 Å². The predicted octanol–water partition coefficient (Wildman–Crippen LogP) is 0.0671. The SMILES string of the molecule is COC(=O)c1cccc(S(=O)(=O)NCCN2CC2)c1. The van der Waals surface area contributed by atoms with Crippen molar-refractivity contribution < 1.29 is 17.9 Å². The molecule has 0 bridgehead atoms. The zero-order valence-electron chi connectivity index (χ0n) is 10.6. The molecule has 0 aliphatic carbocycles. The summed E-state index contributed by atoms with van der Waals surface area (Å²) >= 11 is 0. The lowest BCUT2D eigenvalue weighted by Crippen LogP contribution is -2.28. The van der Waals surface area contributed by atoms with Crippen molar-refractivity contribution in [2.24, 2.45) is 0 Å². The van der Waals surface area contributed by atoms with Gasteiger partial charge in [0.1, 0.15) is 0 Å². The van der Waals surface area contributed by atoms with Gasteiger partial charge in [0.25, 0.3) is 0 Å². The summed E-state index contributed by atoms with van der Waals surface area (Å²) in [5.74, 6) is -0.554. The highest BCUT2D eigenvalue weighted by Crippen LogP contribution is 2.12. The van der Waals surface area contributed by atoms with Crippen LogP contribution in [0.15, 0.2) is 29.2 Å². The van der Waals surface area contributed by atoms with E-state index < -0.39 is 16.0 Å². The second kappa shape index (κ2) is 5.68. The van der Waals surface area contributed by atoms with Gasteiger partial charge < -0.3 is 4.74 Å². The van der Waals surface area contributed by atoms with Crippen molar-refractivity contribution in [1.82, 2.24) is 9.62 Å². The summed E-state index contributed by atoms with van der Waals surface area (Å²) in [6.45, 7) is 3.12.